The minimum absolute atomic E-state index is 0.139. The van der Waals surface area contributed by atoms with E-state index in [-0.39, 0.29) is 5.92 Å². The lowest BCUT2D eigenvalue weighted by Crippen LogP contribution is -2.06. The molecule has 2 aromatic rings. The van der Waals surface area contributed by atoms with Crippen LogP contribution in [0.5, 0.6) is 0 Å². The molecule has 0 aliphatic heterocycles. The third kappa shape index (κ3) is 2.49. The van der Waals surface area contributed by atoms with Crippen molar-refractivity contribution in [2.75, 3.05) is 0 Å². The molecule has 5 heteroatoms. The average Bonchev–Trinajstić information content (AvgIpc) is 2.80. The number of nitrogens with zero attached hydrogens (tertiary/aromatic N) is 1. The Hall–Kier alpha value is -1.78. The van der Waals surface area contributed by atoms with Gasteiger partial charge >= 0.3 is 6.18 Å². The molecule has 1 heterocycles. The van der Waals surface area contributed by atoms with Crippen LogP contribution in [0.4, 0.5) is 13.2 Å². The summed E-state index contributed by atoms with van der Waals surface area (Å²) < 4.78 is 37.7. The highest BCUT2D eigenvalue weighted by molar-refractivity contribution is 5.32. The van der Waals surface area contributed by atoms with Gasteiger partial charge in [-0.15, -0.1) is 0 Å². The van der Waals surface area contributed by atoms with E-state index in [9.17, 15) is 13.2 Å². The molecule has 2 rings (SSSR count). The van der Waals surface area contributed by atoms with Gasteiger partial charge in [-0.3, -0.25) is 0 Å². The Kier molecular flexibility index (Phi) is 2.92. The van der Waals surface area contributed by atoms with E-state index in [1.807, 2.05) is 6.92 Å². The Labute approximate surface area is 96.5 Å². The fourth-order valence-electron chi connectivity index (χ4n) is 1.67. The zero-order valence-corrected chi connectivity index (χ0v) is 9.12. The van der Waals surface area contributed by atoms with Crippen molar-refractivity contribution in [2.45, 2.75) is 19.0 Å². The molecule has 0 saturated heterocycles. The predicted octanol–water partition coefficient (Wildman–Crippen LogP) is 3.58. The zero-order valence-electron chi connectivity index (χ0n) is 9.12. The summed E-state index contributed by atoms with van der Waals surface area (Å²) in [6, 6.07) is 5.35. The Morgan fingerprint density at radius 2 is 2.06 bits per heavy atom. The molecule has 90 valence electrons. The number of aromatic nitrogens is 2. The van der Waals surface area contributed by atoms with Crippen LogP contribution >= 0.6 is 0 Å². The van der Waals surface area contributed by atoms with Crippen molar-refractivity contribution in [3.63, 3.8) is 0 Å². The lowest BCUT2D eigenvalue weighted by Gasteiger charge is -2.13. The second kappa shape index (κ2) is 4.24. The Morgan fingerprint density at radius 3 is 2.65 bits per heavy atom. The number of rotatable bonds is 2. The van der Waals surface area contributed by atoms with E-state index in [4.69, 9.17) is 0 Å². The molecular weight excluding hydrogens is 229 g/mol. The molecule has 0 radical (unpaired) electrons. The highest BCUT2D eigenvalue weighted by atomic mass is 19.4. The van der Waals surface area contributed by atoms with Gasteiger partial charge in [-0.1, -0.05) is 25.1 Å². The number of H-pyrrole nitrogens is 1. The van der Waals surface area contributed by atoms with Gasteiger partial charge in [0.2, 0.25) is 0 Å². The lowest BCUT2D eigenvalue weighted by molar-refractivity contribution is -0.137. The molecule has 1 N–H and O–H groups in total. The van der Waals surface area contributed by atoms with Crippen LogP contribution in [0.1, 0.15) is 29.7 Å². The maximum absolute atomic E-state index is 12.6. The van der Waals surface area contributed by atoms with E-state index >= 15 is 0 Å². The van der Waals surface area contributed by atoms with E-state index in [0.29, 0.717) is 5.56 Å². The molecule has 1 atom stereocenters. The summed E-state index contributed by atoms with van der Waals surface area (Å²) in [5.41, 5.74) is 0.787. The molecule has 2 nitrogen and oxygen atoms in total. The van der Waals surface area contributed by atoms with Gasteiger partial charge in [-0.2, -0.15) is 13.2 Å². The molecule has 0 bridgehead atoms. The number of halogens is 3. The number of imidazole rings is 1. The zero-order chi connectivity index (χ0) is 12.5. The van der Waals surface area contributed by atoms with Crippen LogP contribution in [0.2, 0.25) is 0 Å². The number of alkyl halides is 3. The summed E-state index contributed by atoms with van der Waals surface area (Å²) in [5, 5.41) is 0. The van der Waals surface area contributed by atoms with Gasteiger partial charge in [0.15, 0.2) is 0 Å². The largest absolute Gasteiger partial charge is 0.416 e. The van der Waals surface area contributed by atoms with Gasteiger partial charge in [0.25, 0.3) is 0 Å². The Bertz CT molecular complexity index is 489. The van der Waals surface area contributed by atoms with Gasteiger partial charge < -0.3 is 4.98 Å². The number of hydrogen-bond donors (Lipinski definition) is 1. The van der Waals surface area contributed by atoms with Crippen molar-refractivity contribution in [2.24, 2.45) is 0 Å². The van der Waals surface area contributed by atoms with Crippen molar-refractivity contribution in [1.82, 2.24) is 9.97 Å². The standard InChI is InChI=1S/C12H11F3N2/c1-8(11-6-16-7-17-11)9-3-2-4-10(5-9)12(13,14)15/h2-8H,1H3,(H,16,17). The fraction of sp³-hybridized carbons (Fsp3) is 0.250. The Balaban J connectivity index is 2.34. The summed E-state index contributed by atoms with van der Waals surface area (Å²) in [7, 11) is 0. The summed E-state index contributed by atoms with van der Waals surface area (Å²) >= 11 is 0. The lowest BCUT2D eigenvalue weighted by atomic mass is 9.96. The molecular formula is C12H11F3N2. The third-order valence-electron chi connectivity index (χ3n) is 2.70. The second-order valence-corrected chi connectivity index (χ2v) is 3.85. The molecule has 0 fully saturated rings. The van der Waals surface area contributed by atoms with E-state index in [2.05, 4.69) is 9.97 Å². The van der Waals surface area contributed by atoms with Crippen LogP contribution in [0.3, 0.4) is 0 Å². The molecule has 0 aliphatic carbocycles. The molecule has 0 spiro atoms. The van der Waals surface area contributed by atoms with E-state index in [0.717, 1.165) is 11.8 Å². The molecule has 0 aliphatic rings. The highest BCUT2D eigenvalue weighted by Crippen LogP contribution is 2.32. The highest BCUT2D eigenvalue weighted by Gasteiger charge is 2.30. The van der Waals surface area contributed by atoms with Gasteiger partial charge in [0, 0.05) is 17.8 Å². The topological polar surface area (TPSA) is 28.7 Å². The summed E-state index contributed by atoms with van der Waals surface area (Å²) in [6.07, 6.45) is -1.17. The SMILES string of the molecule is CC(c1cccc(C(F)(F)F)c1)c1cnc[nH]1. The molecule has 1 aromatic carbocycles. The predicted molar refractivity (Wildman–Crippen MR) is 57.5 cm³/mol. The monoisotopic (exact) mass is 240 g/mol. The summed E-state index contributed by atoms with van der Waals surface area (Å²) in [6.45, 7) is 1.84. The van der Waals surface area contributed by atoms with Crippen molar-refractivity contribution in [1.29, 1.82) is 0 Å². The number of benzene rings is 1. The van der Waals surface area contributed by atoms with Crippen molar-refractivity contribution >= 4 is 0 Å². The molecule has 0 amide bonds. The summed E-state index contributed by atoms with van der Waals surface area (Å²) in [5.74, 6) is -0.139. The number of aromatic amines is 1. The van der Waals surface area contributed by atoms with Crippen molar-refractivity contribution in [3.8, 4) is 0 Å². The molecule has 1 aromatic heterocycles. The van der Waals surface area contributed by atoms with Crippen molar-refractivity contribution < 1.29 is 13.2 Å². The normalized spacial score (nSPS) is 13.6. The smallest absolute Gasteiger partial charge is 0.348 e. The summed E-state index contributed by atoms with van der Waals surface area (Å²) in [4.78, 5) is 6.76. The molecule has 0 saturated carbocycles. The van der Waals surface area contributed by atoms with Gasteiger partial charge in [-0.05, 0) is 11.6 Å². The van der Waals surface area contributed by atoms with E-state index < -0.39 is 11.7 Å². The first-order chi connectivity index (χ1) is 7.98. The minimum atomic E-state index is -4.30. The second-order valence-electron chi connectivity index (χ2n) is 3.85. The van der Waals surface area contributed by atoms with Gasteiger partial charge in [-0.25, -0.2) is 4.98 Å². The van der Waals surface area contributed by atoms with Crippen LogP contribution in [0.15, 0.2) is 36.8 Å². The van der Waals surface area contributed by atoms with Crippen LogP contribution in [0.25, 0.3) is 0 Å². The van der Waals surface area contributed by atoms with E-state index in [1.54, 1.807) is 12.3 Å². The first kappa shape index (κ1) is 11.7. The van der Waals surface area contributed by atoms with Crippen LogP contribution < -0.4 is 0 Å². The average molecular weight is 240 g/mol. The van der Waals surface area contributed by atoms with Gasteiger partial charge in [0.05, 0.1) is 11.9 Å². The van der Waals surface area contributed by atoms with Crippen LogP contribution in [-0.2, 0) is 6.18 Å². The third-order valence-corrected chi connectivity index (χ3v) is 2.70. The fourth-order valence-corrected chi connectivity index (χ4v) is 1.67. The maximum Gasteiger partial charge on any atom is 0.416 e. The van der Waals surface area contributed by atoms with Crippen LogP contribution in [-0.4, -0.2) is 9.97 Å². The van der Waals surface area contributed by atoms with Crippen LogP contribution in [0, 0.1) is 0 Å². The molecule has 1 unspecified atom stereocenters. The quantitative estimate of drug-likeness (QED) is 0.853. The Morgan fingerprint density at radius 1 is 1.29 bits per heavy atom. The number of nitrogens with one attached hydrogen (secondary N) is 1. The maximum atomic E-state index is 12.6. The van der Waals surface area contributed by atoms with Gasteiger partial charge in [0.1, 0.15) is 0 Å². The van der Waals surface area contributed by atoms with Crippen molar-refractivity contribution in [3.05, 3.63) is 53.6 Å². The first-order valence-corrected chi connectivity index (χ1v) is 5.14. The minimum Gasteiger partial charge on any atom is -0.348 e. The molecule has 17 heavy (non-hydrogen) atoms. The first-order valence-electron chi connectivity index (χ1n) is 5.14. The number of hydrogen-bond acceptors (Lipinski definition) is 1. The van der Waals surface area contributed by atoms with E-state index in [1.165, 1.54) is 18.5 Å².